The Morgan fingerprint density at radius 3 is 2.63 bits per heavy atom. The molecule has 0 saturated heterocycles. The highest BCUT2D eigenvalue weighted by Gasteiger charge is 2.26. The van der Waals surface area contributed by atoms with E-state index in [1.54, 1.807) is 6.92 Å². The molecule has 0 spiro atoms. The van der Waals surface area contributed by atoms with E-state index in [4.69, 9.17) is 13.6 Å². The molecule has 7 heteroatoms. The van der Waals surface area contributed by atoms with Crippen molar-refractivity contribution in [2.75, 3.05) is 0 Å². The molecule has 0 bridgehead atoms. The lowest BCUT2D eigenvalue weighted by atomic mass is 10.00. The van der Waals surface area contributed by atoms with Gasteiger partial charge in [0, 0.05) is 11.5 Å². The van der Waals surface area contributed by atoms with E-state index >= 15 is 0 Å². The number of esters is 1. The SMILES string of the molecule is CCCCC(CC)C(=O)Oc1c(O)c(O)cc2c1oc1cc(C)oc(=O)c12. The summed E-state index contributed by atoms with van der Waals surface area (Å²) in [6.45, 7) is 5.52. The van der Waals surface area contributed by atoms with Crippen LogP contribution in [0.1, 0.15) is 45.3 Å². The van der Waals surface area contributed by atoms with Crippen molar-refractivity contribution in [3.8, 4) is 17.2 Å². The number of aryl methyl sites for hydroxylation is 1. The first-order chi connectivity index (χ1) is 12.9. The van der Waals surface area contributed by atoms with Crippen LogP contribution in [-0.4, -0.2) is 16.2 Å². The Hall–Kier alpha value is -2.96. The highest BCUT2D eigenvalue weighted by atomic mass is 16.5. The Kier molecular flexibility index (Phi) is 5.12. The molecule has 0 amide bonds. The van der Waals surface area contributed by atoms with Gasteiger partial charge in [0.15, 0.2) is 11.3 Å². The molecule has 0 saturated carbocycles. The molecule has 2 heterocycles. The molecule has 0 fully saturated rings. The maximum absolute atomic E-state index is 12.6. The Morgan fingerprint density at radius 2 is 1.96 bits per heavy atom. The fourth-order valence-electron chi connectivity index (χ4n) is 3.14. The van der Waals surface area contributed by atoms with Gasteiger partial charge in [-0.1, -0.05) is 26.7 Å². The van der Waals surface area contributed by atoms with Crippen molar-refractivity contribution in [3.63, 3.8) is 0 Å². The maximum Gasteiger partial charge on any atom is 0.347 e. The van der Waals surface area contributed by atoms with Gasteiger partial charge in [0.25, 0.3) is 0 Å². The van der Waals surface area contributed by atoms with Crippen LogP contribution in [0.3, 0.4) is 0 Å². The molecule has 0 aliphatic rings. The molecular weight excluding hydrogens is 352 g/mol. The van der Waals surface area contributed by atoms with E-state index in [1.165, 1.54) is 12.1 Å². The lowest BCUT2D eigenvalue weighted by Crippen LogP contribution is -2.20. The minimum absolute atomic E-state index is 0.0110. The molecule has 0 aliphatic heterocycles. The van der Waals surface area contributed by atoms with E-state index in [9.17, 15) is 19.8 Å². The number of hydrogen-bond donors (Lipinski definition) is 2. The number of ether oxygens (including phenoxy) is 1. The number of carbonyl (C=O) groups excluding carboxylic acids is 1. The average molecular weight is 374 g/mol. The first-order valence-electron chi connectivity index (χ1n) is 9.00. The van der Waals surface area contributed by atoms with Crippen LogP contribution in [0, 0.1) is 12.8 Å². The van der Waals surface area contributed by atoms with Gasteiger partial charge in [0.2, 0.25) is 11.5 Å². The van der Waals surface area contributed by atoms with Crippen molar-refractivity contribution in [2.45, 2.75) is 46.5 Å². The zero-order valence-corrected chi connectivity index (χ0v) is 15.5. The van der Waals surface area contributed by atoms with Crippen molar-refractivity contribution in [3.05, 3.63) is 28.3 Å². The lowest BCUT2D eigenvalue weighted by Gasteiger charge is -2.14. The smallest absolute Gasteiger partial charge is 0.347 e. The second kappa shape index (κ2) is 7.34. The Labute approximate surface area is 155 Å². The summed E-state index contributed by atoms with van der Waals surface area (Å²) in [5.74, 6) is -1.92. The third-order valence-electron chi connectivity index (χ3n) is 4.64. The molecule has 1 unspecified atom stereocenters. The molecule has 3 rings (SSSR count). The van der Waals surface area contributed by atoms with Crippen molar-refractivity contribution in [2.24, 2.45) is 5.92 Å². The predicted octanol–water partition coefficient (Wildman–Crippen LogP) is 4.38. The Morgan fingerprint density at radius 1 is 1.22 bits per heavy atom. The molecule has 7 nitrogen and oxygen atoms in total. The van der Waals surface area contributed by atoms with Crippen LogP contribution in [0.5, 0.6) is 17.2 Å². The summed E-state index contributed by atoms with van der Waals surface area (Å²) < 4.78 is 16.2. The van der Waals surface area contributed by atoms with Crippen molar-refractivity contribution in [1.82, 2.24) is 0 Å². The standard InChI is InChI=1S/C20H22O7/c1-4-6-7-11(5-2)19(23)27-18-16(22)13(21)9-12-15-14(26-17(12)18)8-10(3)25-20(15)24/h8-9,11,21-22H,4-7H2,1-3H3. The van der Waals surface area contributed by atoms with E-state index in [0.717, 1.165) is 12.8 Å². The van der Waals surface area contributed by atoms with Gasteiger partial charge in [-0.25, -0.2) is 4.79 Å². The van der Waals surface area contributed by atoms with Gasteiger partial charge in [0.1, 0.15) is 16.7 Å². The minimum atomic E-state index is -0.638. The number of phenolic OH excluding ortho intramolecular Hbond substituents is 2. The zero-order chi connectivity index (χ0) is 19.7. The minimum Gasteiger partial charge on any atom is -0.504 e. The molecule has 1 aromatic carbocycles. The number of benzene rings is 1. The topological polar surface area (TPSA) is 110 Å². The number of fused-ring (bicyclic) bond motifs is 3. The van der Waals surface area contributed by atoms with Crippen molar-refractivity contribution >= 4 is 27.9 Å². The summed E-state index contributed by atoms with van der Waals surface area (Å²) in [5.41, 5.74) is -0.406. The van der Waals surface area contributed by atoms with Crippen LogP contribution in [-0.2, 0) is 4.79 Å². The zero-order valence-electron chi connectivity index (χ0n) is 15.5. The van der Waals surface area contributed by atoms with Gasteiger partial charge in [-0.3, -0.25) is 4.79 Å². The molecule has 3 aromatic rings. The first-order valence-corrected chi connectivity index (χ1v) is 9.00. The largest absolute Gasteiger partial charge is 0.504 e. The van der Waals surface area contributed by atoms with E-state index < -0.39 is 23.1 Å². The number of rotatable bonds is 6. The quantitative estimate of drug-likeness (QED) is 0.374. The monoisotopic (exact) mass is 374 g/mol. The molecular formula is C20H22O7. The number of aromatic hydroxyl groups is 2. The van der Waals surface area contributed by atoms with E-state index in [0.29, 0.717) is 18.6 Å². The van der Waals surface area contributed by atoms with E-state index in [-0.39, 0.29) is 33.6 Å². The third kappa shape index (κ3) is 3.37. The van der Waals surface area contributed by atoms with Gasteiger partial charge in [-0.15, -0.1) is 0 Å². The summed E-state index contributed by atoms with van der Waals surface area (Å²) in [6, 6.07) is 2.71. The number of furan rings is 1. The normalized spacial score (nSPS) is 12.6. The molecule has 2 aromatic heterocycles. The third-order valence-corrected chi connectivity index (χ3v) is 4.64. The molecule has 1 atom stereocenters. The number of phenols is 2. The number of carbonyl (C=O) groups is 1. The summed E-state index contributed by atoms with van der Waals surface area (Å²) in [5, 5.41) is 20.6. The van der Waals surface area contributed by atoms with Gasteiger partial charge in [-0.2, -0.15) is 0 Å². The molecule has 144 valence electrons. The highest BCUT2D eigenvalue weighted by molar-refractivity contribution is 6.08. The second-order valence-electron chi connectivity index (χ2n) is 6.60. The second-order valence-corrected chi connectivity index (χ2v) is 6.60. The van der Waals surface area contributed by atoms with Crippen LogP contribution in [0.25, 0.3) is 21.9 Å². The Balaban J connectivity index is 2.14. The molecule has 0 radical (unpaired) electrons. The highest BCUT2D eigenvalue weighted by Crippen LogP contribution is 2.45. The lowest BCUT2D eigenvalue weighted by molar-refractivity contribution is -0.139. The first kappa shape index (κ1) is 18.8. The van der Waals surface area contributed by atoms with Crippen molar-refractivity contribution in [1.29, 1.82) is 0 Å². The summed E-state index contributed by atoms with van der Waals surface area (Å²) in [7, 11) is 0. The maximum atomic E-state index is 12.6. The summed E-state index contributed by atoms with van der Waals surface area (Å²) in [4.78, 5) is 24.8. The van der Waals surface area contributed by atoms with E-state index in [1.807, 2.05) is 13.8 Å². The van der Waals surface area contributed by atoms with Crippen LogP contribution < -0.4 is 10.4 Å². The average Bonchev–Trinajstić information content (AvgIpc) is 2.97. The van der Waals surface area contributed by atoms with Crippen LogP contribution in [0.15, 0.2) is 25.8 Å². The van der Waals surface area contributed by atoms with Crippen LogP contribution in [0.2, 0.25) is 0 Å². The Bertz CT molecular complexity index is 1060. The van der Waals surface area contributed by atoms with Crippen LogP contribution in [0.4, 0.5) is 0 Å². The molecule has 0 aliphatic carbocycles. The number of unbranched alkanes of at least 4 members (excludes halogenated alkanes) is 1. The van der Waals surface area contributed by atoms with E-state index in [2.05, 4.69) is 0 Å². The molecule has 27 heavy (non-hydrogen) atoms. The number of hydrogen-bond acceptors (Lipinski definition) is 7. The van der Waals surface area contributed by atoms with Gasteiger partial charge in [0.05, 0.1) is 5.92 Å². The predicted molar refractivity (Wildman–Crippen MR) is 99.3 cm³/mol. The fourth-order valence-corrected chi connectivity index (χ4v) is 3.14. The summed E-state index contributed by atoms with van der Waals surface area (Å²) >= 11 is 0. The fraction of sp³-hybridized carbons (Fsp3) is 0.400. The van der Waals surface area contributed by atoms with Crippen LogP contribution >= 0.6 is 0 Å². The van der Waals surface area contributed by atoms with Crippen molar-refractivity contribution < 1.29 is 28.6 Å². The molecule has 2 N–H and O–H groups in total. The van der Waals surface area contributed by atoms with Gasteiger partial charge < -0.3 is 23.8 Å². The van der Waals surface area contributed by atoms with Gasteiger partial charge in [-0.05, 0) is 25.8 Å². The summed E-state index contributed by atoms with van der Waals surface area (Å²) in [6.07, 6.45) is 3.08. The van der Waals surface area contributed by atoms with Gasteiger partial charge >= 0.3 is 11.6 Å².